The molecule has 5 heteroatoms. The van der Waals surface area contributed by atoms with E-state index in [4.69, 9.17) is 5.14 Å². The van der Waals surface area contributed by atoms with Gasteiger partial charge in [-0.1, -0.05) is 35.8 Å². The van der Waals surface area contributed by atoms with Crippen LogP contribution in [-0.4, -0.2) is 15.0 Å². The summed E-state index contributed by atoms with van der Waals surface area (Å²) in [6, 6.07) is 8.64. The third-order valence-corrected chi connectivity index (χ3v) is 1.70. The second kappa shape index (κ2) is 3.06. The minimum Gasteiger partial charge on any atom is -0.239 e. The van der Waals surface area contributed by atoms with Gasteiger partial charge in [0, 0.05) is 0 Å². The second-order valence-corrected chi connectivity index (χ2v) is 3.53. The van der Waals surface area contributed by atoms with Crippen LogP contribution in [0.1, 0.15) is 0 Å². The number of rotatable bonds is 2. The lowest BCUT2D eigenvalue weighted by molar-refractivity contribution is 0.610. The lowest BCUT2D eigenvalue weighted by Crippen LogP contribution is -2.29. The predicted octanol–water partition coefficient (Wildman–Crippen LogP) is -0.780. The molecule has 0 aliphatic heterocycles. The van der Waals surface area contributed by atoms with E-state index in [-0.39, 0.29) is 0 Å². The van der Waals surface area contributed by atoms with Crippen molar-refractivity contribution in [2.75, 3.05) is 0 Å². The van der Waals surface area contributed by atoms with Crippen molar-refractivity contribution in [2.24, 2.45) is 5.14 Å². The Balaban J connectivity index is 2.82. The predicted molar refractivity (Wildman–Crippen MR) is 44.9 cm³/mol. The molecule has 1 radical (unpaired) electrons. The molecule has 1 aromatic rings. The first-order valence-corrected chi connectivity index (χ1v) is 4.61. The maximum atomic E-state index is 10.5. The summed E-state index contributed by atoms with van der Waals surface area (Å²) in [6.07, 6.45) is 0. The van der Waals surface area contributed by atoms with Crippen molar-refractivity contribution in [1.82, 2.24) is 0 Å². The summed E-state index contributed by atoms with van der Waals surface area (Å²) in [7, 11) is -3.50. The molecule has 0 aromatic heterocycles. The van der Waals surface area contributed by atoms with Crippen molar-refractivity contribution in [3.05, 3.63) is 30.3 Å². The Morgan fingerprint density at radius 2 is 1.73 bits per heavy atom. The molecule has 1 rings (SSSR count). The molecule has 0 aliphatic carbocycles. The van der Waals surface area contributed by atoms with Gasteiger partial charge in [-0.25, -0.2) is 13.6 Å². The lowest BCUT2D eigenvalue weighted by atomic mass is 9.95. The number of benzene rings is 1. The van der Waals surface area contributed by atoms with Crippen molar-refractivity contribution in [2.45, 2.75) is 0 Å². The average Bonchev–Trinajstić information content (AvgIpc) is 1.85. The molecule has 0 spiro atoms. The largest absolute Gasteiger partial charge is 0.337 e. The molecule has 11 heavy (non-hydrogen) atoms. The highest BCUT2D eigenvalue weighted by Crippen LogP contribution is 1.82. The Bertz CT molecular complexity index is 322. The maximum absolute atomic E-state index is 10.5. The number of hydrogen-bond acceptors (Lipinski definition) is 2. The van der Waals surface area contributed by atoms with E-state index in [1.54, 1.807) is 30.3 Å². The molecule has 0 atom stereocenters. The van der Waals surface area contributed by atoms with Crippen LogP contribution in [0.2, 0.25) is 0 Å². The van der Waals surface area contributed by atoms with Crippen LogP contribution >= 0.6 is 0 Å². The zero-order valence-corrected chi connectivity index (χ0v) is 6.58. The Morgan fingerprint density at radius 3 is 2.18 bits per heavy atom. The summed E-state index contributed by atoms with van der Waals surface area (Å²) in [4.78, 5) is 0. The Hall–Kier alpha value is -0.805. The molecule has 0 fully saturated rings. The molecule has 0 unspecified atom stereocenters. The second-order valence-electron chi connectivity index (χ2n) is 2.12. The van der Waals surface area contributed by atoms with E-state index in [0.717, 1.165) is 6.56 Å². The fraction of sp³-hybridized carbons (Fsp3) is 0. The van der Waals surface area contributed by atoms with Gasteiger partial charge in [-0.15, -0.1) is 0 Å². The van der Waals surface area contributed by atoms with Gasteiger partial charge in [0.2, 0.25) is 0 Å². The van der Waals surface area contributed by atoms with Gasteiger partial charge in [0.05, 0.1) is 0 Å². The standard InChI is InChI=1S/C6H7BNO2S/c8-11(9,10)7-6-4-2-1-3-5-6/h1-5H,(H2,8,9,10). The van der Waals surface area contributed by atoms with Crippen molar-refractivity contribution in [3.8, 4) is 0 Å². The van der Waals surface area contributed by atoms with Gasteiger partial charge >= 0.3 is 6.56 Å². The highest BCUT2D eigenvalue weighted by Gasteiger charge is 2.06. The molecule has 0 saturated carbocycles. The van der Waals surface area contributed by atoms with Crippen molar-refractivity contribution < 1.29 is 8.42 Å². The quantitative estimate of drug-likeness (QED) is 0.588. The summed E-state index contributed by atoms with van der Waals surface area (Å²) in [5.74, 6) is 0. The summed E-state index contributed by atoms with van der Waals surface area (Å²) in [6.45, 7) is 1.02. The molecule has 1 aromatic carbocycles. The van der Waals surface area contributed by atoms with Crippen molar-refractivity contribution in [3.63, 3.8) is 0 Å². The summed E-state index contributed by atoms with van der Waals surface area (Å²) < 4.78 is 21.0. The van der Waals surface area contributed by atoms with Gasteiger partial charge in [-0.05, 0) is 0 Å². The van der Waals surface area contributed by atoms with Gasteiger partial charge in [0.15, 0.2) is 9.87 Å². The minimum atomic E-state index is -3.50. The van der Waals surface area contributed by atoms with Crippen LogP contribution in [0.4, 0.5) is 0 Å². The molecular formula is C6H7BNO2S. The van der Waals surface area contributed by atoms with E-state index in [2.05, 4.69) is 0 Å². The van der Waals surface area contributed by atoms with E-state index in [0.29, 0.717) is 5.46 Å². The van der Waals surface area contributed by atoms with Crippen LogP contribution < -0.4 is 10.6 Å². The Kier molecular flexibility index (Phi) is 2.31. The minimum absolute atomic E-state index is 0.593. The molecule has 3 nitrogen and oxygen atoms in total. The number of nitrogens with two attached hydrogens (primary N) is 1. The summed E-state index contributed by atoms with van der Waals surface area (Å²) >= 11 is 0. The van der Waals surface area contributed by atoms with E-state index in [9.17, 15) is 8.42 Å². The SMILES string of the molecule is NS(=O)(=O)[B]c1ccccc1. The normalized spacial score (nSPS) is 11.0. The van der Waals surface area contributed by atoms with Crippen LogP contribution in [-0.2, 0) is 9.87 Å². The van der Waals surface area contributed by atoms with Gasteiger partial charge < -0.3 is 0 Å². The first-order valence-electron chi connectivity index (χ1n) is 3.00. The van der Waals surface area contributed by atoms with Crippen LogP contribution in [0.25, 0.3) is 0 Å². The highest BCUT2D eigenvalue weighted by atomic mass is 32.2. The fourth-order valence-electron chi connectivity index (χ4n) is 0.721. The molecule has 2 N–H and O–H groups in total. The smallest absolute Gasteiger partial charge is 0.239 e. The van der Waals surface area contributed by atoms with Gasteiger partial charge in [0.25, 0.3) is 0 Å². The average molecular weight is 168 g/mol. The van der Waals surface area contributed by atoms with Crippen molar-refractivity contribution >= 4 is 21.9 Å². The van der Waals surface area contributed by atoms with Crippen LogP contribution in [0.5, 0.6) is 0 Å². The first kappa shape index (κ1) is 8.29. The first-order chi connectivity index (χ1) is 5.08. The third kappa shape index (κ3) is 3.20. The highest BCUT2D eigenvalue weighted by molar-refractivity contribution is 8.14. The Morgan fingerprint density at radius 1 is 1.18 bits per heavy atom. The van der Waals surface area contributed by atoms with Crippen LogP contribution in [0.3, 0.4) is 0 Å². The van der Waals surface area contributed by atoms with Gasteiger partial charge in [-0.3, -0.25) is 0 Å². The molecule has 0 amide bonds. The maximum Gasteiger partial charge on any atom is 0.337 e. The Labute approximate surface area is 66.4 Å². The van der Waals surface area contributed by atoms with Crippen LogP contribution in [0, 0.1) is 0 Å². The third-order valence-electron chi connectivity index (χ3n) is 1.10. The van der Waals surface area contributed by atoms with E-state index in [1.165, 1.54) is 0 Å². The molecule has 0 aliphatic rings. The molecular weight excluding hydrogens is 161 g/mol. The molecule has 0 heterocycles. The molecule has 57 valence electrons. The fourth-order valence-corrected chi connectivity index (χ4v) is 1.26. The van der Waals surface area contributed by atoms with Crippen LogP contribution in [0.15, 0.2) is 30.3 Å². The van der Waals surface area contributed by atoms with Gasteiger partial charge in [-0.2, -0.15) is 0 Å². The molecule has 0 saturated heterocycles. The van der Waals surface area contributed by atoms with Crippen molar-refractivity contribution in [1.29, 1.82) is 0 Å². The summed E-state index contributed by atoms with van der Waals surface area (Å²) in [5, 5.41) is 4.78. The zero-order valence-electron chi connectivity index (χ0n) is 5.77. The van der Waals surface area contributed by atoms with E-state index >= 15 is 0 Å². The number of hydrogen-bond donors (Lipinski definition) is 1. The topological polar surface area (TPSA) is 60.2 Å². The van der Waals surface area contributed by atoms with E-state index in [1.807, 2.05) is 0 Å². The summed E-state index contributed by atoms with van der Waals surface area (Å²) in [5.41, 5.74) is 0.593. The monoisotopic (exact) mass is 168 g/mol. The lowest BCUT2D eigenvalue weighted by Gasteiger charge is -1.93. The van der Waals surface area contributed by atoms with Gasteiger partial charge in [0.1, 0.15) is 0 Å². The zero-order chi connectivity index (χ0) is 8.32. The molecule has 0 bridgehead atoms. The van der Waals surface area contributed by atoms with E-state index < -0.39 is 9.87 Å².